The van der Waals surface area contributed by atoms with Crippen LogP contribution in [0.4, 0.5) is 17.5 Å². The number of methoxy groups -OCH3 is 1. The van der Waals surface area contributed by atoms with Crippen LogP contribution >= 0.6 is 11.6 Å². The first-order chi connectivity index (χ1) is 13.0. The quantitative estimate of drug-likeness (QED) is 0.487. The van der Waals surface area contributed by atoms with Crippen LogP contribution in [0.25, 0.3) is 22.2 Å². The predicted octanol–water partition coefficient (Wildman–Crippen LogP) is 4.32. The molecule has 4 N–H and O–H groups in total. The van der Waals surface area contributed by atoms with Gasteiger partial charge in [0.15, 0.2) is 0 Å². The molecule has 0 atom stereocenters. The molecule has 4 rings (SSSR count). The molecule has 0 aliphatic rings. The number of aromatic amines is 1. The molecule has 0 saturated carbocycles. The van der Waals surface area contributed by atoms with E-state index in [-0.39, 0.29) is 5.95 Å². The summed E-state index contributed by atoms with van der Waals surface area (Å²) in [5.74, 6) is 1.42. The van der Waals surface area contributed by atoms with Gasteiger partial charge in [-0.25, -0.2) is 4.98 Å². The van der Waals surface area contributed by atoms with Crippen LogP contribution in [0, 0.1) is 6.92 Å². The first kappa shape index (κ1) is 17.1. The van der Waals surface area contributed by atoms with Gasteiger partial charge in [-0.3, -0.25) is 5.10 Å². The fourth-order valence-electron chi connectivity index (χ4n) is 2.93. The molecule has 2 aromatic carbocycles. The molecule has 0 bridgehead atoms. The van der Waals surface area contributed by atoms with Crippen molar-refractivity contribution in [2.24, 2.45) is 0 Å². The van der Waals surface area contributed by atoms with E-state index in [9.17, 15) is 0 Å². The smallest absolute Gasteiger partial charge is 0.222 e. The molecule has 0 spiro atoms. The minimum atomic E-state index is 0.155. The number of halogens is 1. The third-order valence-corrected chi connectivity index (χ3v) is 4.52. The summed E-state index contributed by atoms with van der Waals surface area (Å²) in [5.41, 5.74) is 10.00. The Kier molecular flexibility index (Phi) is 4.29. The van der Waals surface area contributed by atoms with Gasteiger partial charge in [0.25, 0.3) is 0 Å². The van der Waals surface area contributed by atoms with Crippen molar-refractivity contribution in [3.05, 3.63) is 53.2 Å². The molecule has 0 saturated heterocycles. The van der Waals surface area contributed by atoms with E-state index in [1.807, 2.05) is 25.1 Å². The zero-order chi connectivity index (χ0) is 19.0. The van der Waals surface area contributed by atoms with Gasteiger partial charge in [-0.2, -0.15) is 10.1 Å². The lowest BCUT2D eigenvalue weighted by atomic mass is 10.1. The number of rotatable bonds is 4. The van der Waals surface area contributed by atoms with Crippen LogP contribution in [0.1, 0.15) is 5.56 Å². The largest absolute Gasteiger partial charge is 0.496 e. The van der Waals surface area contributed by atoms with Crippen LogP contribution in [-0.4, -0.2) is 27.3 Å². The van der Waals surface area contributed by atoms with Crippen LogP contribution < -0.4 is 15.8 Å². The molecule has 0 aliphatic heterocycles. The summed E-state index contributed by atoms with van der Waals surface area (Å²) in [5, 5.41) is 11.9. The molecule has 0 unspecified atom stereocenters. The fourth-order valence-corrected chi connectivity index (χ4v) is 3.11. The van der Waals surface area contributed by atoms with Gasteiger partial charge in [0.1, 0.15) is 11.6 Å². The lowest BCUT2D eigenvalue weighted by molar-refractivity contribution is 0.416. The van der Waals surface area contributed by atoms with Crippen molar-refractivity contribution in [1.82, 2.24) is 20.2 Å². The maximum Gasteiger partial charge on any atom is 0.222 e. The Hall–Kier alpha value is -3.32. The molecule has 2 aromatic heterocycles. The van der Waals surface area contributed by atoms with Gasteiger partial charge in [0.05, 0.1) is 24.5 Å². The molecular weight excluding hydrogens is 364 g/mol. The van der Waals surface area contributed by atoms with Crippen molar-refractivity contribution in [2.75, 3.05) is 18.2 Å². The minimum absolute atomic E-state index is 0.155. The van der Waals surface area contributed by atoms with E-state index < -0.39 is 0 Å². The van der Waals surface area contributed by atoms with Gasteiger partial charge < -0.3 is 15.8 Å². The number of nitrogens with two attached hydrogens (primary N) is 1. The average molecular weight is 381 g/mol. The number of benzene rings is 2. The number of nitrogens with one attached hydrogen (secondary N) is 2. The molecule has 0 amide bonds. The lowest BCUT2D eigenvalue weighted by Gasteiger charge is -2.15. The number of aromatic nitrogens is 4. The average Bonchev–Trinajstić information content (AvgIpc) is 3.12. The van der Waals surface area contributed by atoms with E-state index in [0.717, 1.165) is 27.7 Å². The summed E-state index contributed by atoms with van der Waals surface area (Å²) in [6.45, 7) is 1.92. The van der Waals surface area contributed by atoms with Crippen molar-refractivity contribution < 1.29 is 4.74 Å². The molecule has 7 nitrogen and oxygen atoms in total. The maximum atomic E-state index is 6.17. The Balaban J connectivity index is 1.80. The molecule has 0 fully saturated rings. The summed E-state index contributed by atoms with van der Waals surface area (Å²) >= 11 is 6.17. The Labute approximate surface area is 160 Å². The summed E-state index contributed by atoms with van der Waals surface area (Å²) in [7, 11) is 1.60. The highest BCUT2D eigenvalue weighted by Gasteiger charge is 2.16. The van der Waals surface area contributed by atoms with E-state index >= 15 is 0 Å². The normalized spacial score (nSPS) is 10.9. The van der Waals surface area contributed by atoms with Crippen LogP contribution in [0.3, 0.4) is 0 Å². The third-order valence-electron chi connectivity index (χ3n) is 4.28. The van der Waals surface area contributed by atoms with Crippen molar-refractivity contribution in [2.45, 2.75) is 6.92 Å². The minimum Gasteiger partial charge on any atom is -0.496 e. The highest BCUT2D eigenvalue weighted by Crippen LogP contribution is 2.36. The highest BCUT2D eigenvalue weighted by atomic mass is 35.5. The van der Waals surface area contributed by atoms with Crippen LogP contribution in [0.15, 0.2) is 42.6 Å². The number of ether oxygens (including phenoxy) is 1. The number of anilines is 3. The Bertz CT molecular complexity index is 1140. The van der Waals surface area contributed by atoms with E-state index in [0.29, 0.717) is 22.3 Å². The summed E-state index contributed by atoms with van der Waals surface area (Å²) in [6, 6.07) is 11.3. The predicted molar refractivity (Wildman–Crippen MR) is 108 cm³/mol. The van der Waals surface area contributed by atoms with Gasteiger partial charge in [0.2, 0.25) is 5.95 Å². The standard InChI is InChI=1S/C19H17ClN6O/c1-10-17(14-7-12(20)4-6-16(14)27-2)24-19(21)25-18(10)23-13-5-3-11-9-22-26-15(11)8-13/h3-9H,1-2H3,(H,22,26)(H3,21,23,24,25). The van der Waals surface area contributed by atoms with Crippen molar-refractivity contribution >= 4 is 40.0 Å². The van der Waals surface area contributed by atoms with E-state index in [4.69, 9.17) is 22.1 Å². The first-order valence-corrected chi connectivity index (χ1v) is 8.61. The zero-order valence-electron chi connectivity index (χ0n) is 14.7. The summed E-state index contributed by atoms with van der Waals surface area (Å²) in [6.07, 6.45) is 1.77. The number of hydrogen-bond acceptors (Lipinski definition) is 6. The zero-order valence-corrected chi connectivity index (χ0v) is 15.5. The third kappa shape index (κ3) is 3.24. The topological polar surface area (TPSA) is 102 Å². The van der Waals surface area contributed by atoms with Crippen molar-refractivity contribution in [3.8, 4) is 17.0 Å². The first-order valence-electron chi connectivity index (χ1n) is 8.23. The van der Waals surface area contributed by atoms with Crippen LogP contribution in [0.5, 0.6) is 5.75 Å². The van der Waals surface area contributed by atoms with Gasteiger partial charge >= 0.3 is 0 Å². The van der Waals surface area contributed by atoms with Gasteiger partial charge in [-0.1, -0.05) is 11.6 Å². The Morgan fingerprint density at radius 1 is 1.15 bits per heavy atom. The highest BCUT2D eigenvalue weighted by molar-refractivity contribution is 6.31. The van der Waals surface area contributed by atoms with Crippen molar-refractivity contribution in [1.29, 1.82) is 0 Å². The number of nitrogens with zero attached hydrogens (tertiary/aromatic N) is 3. The van der Waals surface area contributed by atoms with Crippen LogP contribution in [-0.2, 0) is 0 Å². The molecular formula is C19H17ClN6O. The monoisotopic (exact) mass is 380 g/mol. The van der Waals surface area contributed by atoms with E-state index in [2.05, 4.69) is 25.5 Å². The molecule has 8 heteroatoms. The second-order valence-electron chi connectivity index (χ2n) is 6.05. The molecule has 136 valence electrons. The van der Waals surface area contributed by atoms with E-state index in [1.165, 1.54) is 0 Å². The number of H-pyrrole nitrogens is 1. The second kappa shape index (κ2) is 6.77. The maximum absolute atomic E-state index is 6.17. The lowest BCUT2D eigenvalue weighted by Crippen LogP contribution is -2.05. The molecule has 0 radical (unpaired) electrons. The number of hydrogen-bond donors (Lipinski definition) is 3. The Morgan fingerprint density at radius 3 is 2.81 bits per heavy atom. The second-order valence-corrected chi connectivity index (χ2v) is 6.48. The molecule has 4 aromatic rings. The molecule has 2 heterocycles. The van der Waals surface area contributed by atoms with Crippen molar-refractivity contribution in [3.63, 3.8) is 0 Å². The number of nitrogen functional groups attached to an aromatic ring is 1. The number of fused-ring (bicyclic) bond motifs is 1. The summed E-state index contributed by atoms with van der Waals surface area (Å²) < 4.78 is 5.46. The fraction of sp³-hybridized carbons (Fsp3) is 0.105. The van der Waals surface area contributed by atoms with Gasteiger partial charge in [-0.15, -0.1) is 0 Å². The van der Waals surface area contributed by atoms with Gasteiger partial charge in [0, 0.05) is 27.2 Å². The van der Waals surface area contributed by atoms with Crippen LogP contribution in [0.2, 0.25) is 5.02 Å². The molecule has 0 aliphatic carbocycles. The molecule has 27 heavy (non-hydrogen) atoms. The summed E-state index contributed by atoms with van der Waals surface area (Å²) in [4.78, 5) is 8.76. The van der Waals surface area contributed by atoms with Gasteiger partial charge in [-0.05, 0) is 43.3 Å². The van der Waals surface area contributed by atoms with E-state index in [1.54, 1.807) is 31.5 Å². The SMILES string of the molecule is COc1ccc(Cl)cc1-c1nc(N)nc(Nc2ccc3cn[nH]c3c2)c1C. The Morgan fingerprint density at radius 2 is 2.00 bits per heavy atom.